The molecule has 5 rings (SSSR count). The van der Waals surface area contributed by atoms with Crippen LogP contribution in [0, 0.1) is 11.6 Å². The van der Waals surface area contributed by atoms with Gasteiger partial charge in [-0.3, -0.25) is 5.01 Å². The number of esters is 1. The van der Waals surface area contributed by atoms with E-state index < -0.39 is 35.4 Å². The SMILES string of the molecule is CCCOc1ccc(-c2ncc(C(C(=O)OCCCO)N3Cc4[nH]c(-c5cccc(F)c5F)nc4C=N3)cn2)c(C(F)(F)F)c1. The lowest BCUT2D eigenvalue weighted by atomic mass is 10.0. The van der Waals surface area contributed by atoms with Crippen LogP contribution >= 0.6 is 0 Å². The number of nitrogens with zero attached hydrogens (tertiary/aromatic N) is 5. The third-order valence-electron chi connectivity index (χ3n) is 6.73. The van der Waals surface area contributed by atoms with Crippen molar-refractivity contribution in [3.63, 3.8) is 0 Å². The standard InChI is InChI=1S/C30H27F5N6O4/c1-2-10-44-18-7-8-19(21(12-18)30(33,34)35)27-36-13-17(14-37-27)26(29(43)45-11-4-9-42)41-16-24-23(15-38-41)39-28(40-24)20-5-3-6-22(31)25(20)32/h3,5-8,12-15,26,42H,2,4,9-11,16H2,1H3,(H,39,40). The molecule has 0 amide bonds. The Bertz CT molecular complexity index is 1690. The lowest BCUT2D eigenvalue weighted by Gasteiger charge is -2.29. The van der Waals surface area contributed by atoms with E-state index in [1.165, 1.54) is 47.9 Å². The Morgan fingerprint density at radius 3 is 2.60 bits per heavy atom. The average Bonchev–Trinajstić information content (AvgIpc) is 3.45. The van der Waals surface area contributed by atoms with Crippen LogP contribution in [0.2, 0.25) is 0 Å². The molecule has 1 unspecified atom stereocenters. The second-order valence-electron chi connectivity index (χ2n) is 9.93. The first-order chi connectivity index (χ1) is 21.6. The van der Waals surface area contributed by atoms with Crippen molar-refractivity contribution in [2.45, 2.75) is 38.5 Å². The summed E-state index contributed by atoms with van der Waals surface area (Å²) in [4.78, 5) is 28.7. The monoisotopic (exact) mass is 630 g/mol. The van der Waals surface area contributed by atoms with Gasteiger partial charge in [0.15, 0.2) is 23.5 Å². The molecule has 0 aliphatic carbocycles. The number of benzene rings is 2. The molecule has 45 heavy (non-hydrogen) atoms. The van der Waals surface area contributed by atoms with Gasteiger partial charge in [0.2, 0.25) is 0 Å². The molecule has 2 aromatic carbocycles. The fourth-order valence-electron chi connectivity index (χ4n) is 4.58. The molecule has 1 aliphatic rings. The number of halogens is 5. The summed E-state index contributed by atoms with van der Waals surface area (Å²) in [6.07, 6.45) is -0.215. The number of aromatic amines is 1. The number of fused-ring (bicyclic) bond motifs is 1. The summed E-state index contributed by atoms with van der Waals surface area (Å²) < 4.78 is 80.8. The number of aliphatic hydroxyl groups is 1. The lowest BCUT2D eigenvalue weighted by Crippen LogP contribution is -2.34. The topological polar surface area (TPSA) is 126 Å². The Balaban J connectivity index is 1.45. The highest BCUT2D eigenvalue weighted by Crippen LogP contribution is 2.38. The number of hydrogen-bond donors (Lipinski definition) is 2. The Kier molecular flexibility index (Phi) is 9.37. The number of H-pyrrole nitrogens is 1. The number of rotatable bonds is 11. The van der Waals surface area contributed by atoms with Gasteiger partial charge in [0.05, 0.1) is 42.8 Å². The van der Waals surface area contributed by atoms with Gasteiger partial charge in [0, 0.05) is 36.5 Å². The van der Waals surface area contributed by atoms with E-state index in [9.17, 15) is 26.7 Å². The fraction of sp³-hybridized carbons (Fsp3) is 0.300. The van der Waals surface area contributed by atoms with Crippen LogP contribution in [0.4, 0.5) is 22.0 Å². The molecule has 0 fully saturated rings. The first-order valence-corrected chi connectivity index (χ1v) is 13.9. The summed E-state index contributed by atoms with van der Waals surface area (Å²) in [6.45, 7) is 1.69. The van der Waals surface area contributed by atoms with Crippen LogP contribution in [0.15, 0.2) is 53.9 Å². The highest BCUT2D eigenvalue weighted by molar-refractivity contribution is 5.82. The normalized spacial score (nSPS) is 13.4. The number of carbonyl (C=O) groups is 1. The number of carbonyl (C=O) groups excluding carboxylic acids is 1. The largest absolute Gasteiger partial charge is 0.494 e. The smallest absolute Gasteiger partial charge is 0.417 e. The van der Waals surface area contributed by atoms with Gasteiger partial charge >= 0.3 is 12.1 Å². The molecule has 10 nitrogen and oxygen atoms in total. The molecular weight excluding hydrogens is 603 g/mol. The summed E-state index contributed by atoms with van der Waals surface area (Å²) in [6, 6.07) is 5.92. The molecule has 3 heterocycles. The summed E-state index contributed by atoms with van der Waals surface area (Å²) in [7, 11) is 0. The van der Waals surface area contributed by atoms with Gasteiger partial charge in [-0.1, -0.05) is 13.0 Å². The van der Waals surface area contributed by atoms with Crippen LogP contribution in [0.25, 0.3) is 22.8 Å². The van der Waals surface area contributed by atoms with Gasteiger partial charge in [0.1, 0.15) is 17.3 Å². The van der Waals surface area contributed by atoms with Gasteiger partial charge in [-0.05, 0) is 36.8 Å². The van der Waals surface area contributed by atoms with E-state index in [-0.39, 0.29) is 66.9 Å². The minimum atomic E-state index is -4.72. The van der Waals surface area contributed by atoms with E-state index >= 15 is 0 Å². The van der Waals surface area contributed by atoms with Crippen molar-refractivity contribution in [3.05, 3.63) is 82.9 Å². The predicted molar refractivity (Wildman–Crippen MR) is 151 cm³/mol. The van der Waals surface area contributed by atoms with Gasteiger partial charge in [-0.25, -0.2) is 28.5 Å². The molecule has 0 radical (unpaired) electrons. The Morgan fingerprint density at radius 1 is 1.11 bits per heavy atom. The van der Waals surface area contributed by atoms with E-state index in [0.717, 1.165) is 12.1 Å². The van der Waals surface area contributed by atoms with E-state index in [0.29, 0.717) is 17.8 Å². The number of aliphatic hydroxyl groups excluding tert-OH is 1. The summed E-state index contributed by atoms with van der Waals surface area (Å²) in [5.41, 5.74) is -0.460. The van der Waals surface area contributed by atoms with Crippen LogP contribution < -0.4 is 4.74 Å². The van der Waals surface area contributed by atoms with Gasteiger partial charge in [-0.15, -0.1) is 0 Å². The van der Waals surface area contributed by atoms with E-state index in [2.05, 4.69) is 25.0 Å². The second kappa shape index (κ2) is 13.4. The zero-order valence-electron chi connectivity index (χ0n) is 23.8. The highest BCUT2D eigenvalue weighted by atomic mass is 19.4. The Labute approximate surface area is 253 Å². The maximum atomic E-state index is 14.4. The van der Waals surface area contributed by atoms with E-state index in [1.54, 1.807) is 0 Å². The van der Waals surface area contributed by atoms with Crippen molar-refractivity contribution in [2.75, 3.05) is 19.8 Å². The van der Waals surface area contributed by atoms with E-state index in [1.807, 2.05) is 6.92 Å². The lowest BCUT2D eigenvalue weighted by molar-refractivity contribution is -0.151. The fourth-order valence-corrected chi connectivity index (χ4v) is 4.58. The molecular formula is C30H27F5N6O4. The number of hydrazone groups is 1. The third kappa shape index (κ3) is 6.93. The Morgan fingerprint density at radius 2 is 1.89 bits per heavy atom. The summed E-state index contributed by atoms with van der Waals surface area (Å²) in [5, 5.41) is 14.7. The van der Waals surface area contributed by atoms with Crippen LogP contribution in [-0.4, -0.2) is 62.1 Å². The molecule has 1 atom stereocenters. The van der Waals surface area contributed by atoms with Crippen molar-refractivity contribution in [3.8, 4) is 28.5 Å². The van der Waals surface area contributed by atoms with Crippen molar-refractivity contribution in [1.82, 2.24) is 24.9 Å². The van der Waals surface area contributed by atoms with Crippen molar-refractivity contribution in [1.29, 1.82) is 0 Å². The zero-order valence-corrected chi connectivity index (χ0v) is 23.8. The van der Waals surface area contributed by atoms with E-state index in [4.69, 9.17) is 14.6 Å². The van der Waals surface area contributed by atoms with Crippen molar-refractivity contribution in [2.24, 2.45) is 5.10 Å². The minimum absolute atomic E-state index is 0.0478. The molecule has 4 aromatic rings. The molecule has 2 aromatic heterocycles. The van der Waals surface area contributed by atoms with Crippen molar-refractivity contribution < 1.29 is 41.3 Å². The zero-order chi connectivity index (χ0) is 32.1. The van der Waals surface area contributed by atoms with Crippen LogP contribution in [-0.2, 0) is 22.3 Å². The number of ether oxygens (including phenoxy) is 2. The minimum Gasteiger partial charge on any atom is -0.494 e. The van der Waals surface area contributed by atoms with Crippen LogP contribution in [0.3, 0.4) is 0 Å². The third-order valence-corrected chi connectivity index (χ3v) is 6.73. The Hall–Kier alpha value is -4.92. The molecule has 2 N–H and O–H groups in total. The maximum Gasteiger partial charge on any atom is 0.417 e. The van der Waals surface area contributed by atoms with Crippen molar-refractivity contribution >= 4 is 12.2 Å². The summed E-state index contributed by atoms with van der Waals surface area (Å²) >= 11 is 0. The summed E-state index contributed by atoms with van der Waals surface area (Å²) in [5.74, 6) is -3.05. The molecule has 15 heteroatoms. The first-order valence-electron chi connectivity index (χ1n) is 13.9. The molecule has 236 valence electrons. The molecule has 0 saturated carbocycles. The molecule has 0 bridgehead atoms. The molecule has 0 spiro atoms. The highest BCUT2D eigenvalue weighted by Gasteiger charge is 2.36. The first kappa shape index (κ1) is 31.5. The van der Waals surface area contributed by atoms with Gasteiger partial charge in [0.25, 0.3) is 0 Å². The number of hydrogen-bond acceptors (Lipinski definition) is 9. The number of aromatic nitrogens is 4. The molecule has 1 aliphatic heterocycles. The van der Waals surface area contributed by atoms with Crippen LogP contribution in [0.1, 0.15) is 48.3 Å². The van der Waals surface area contributed by atoms with Gasteiger partial charge in [-0.2, -0.15) is 18.3 Å². The number of alkyl halides is 3. The van der Waals surface area contributed by atoms with Crippen LogP contribution in [0.5, 0.6) is 5.75 Å². The number of imidazole rings is 1. The van der Waals surface area contributed by atoms with Gasteiger partial charge < -0.3 is 19.6 Å². The quantitative estimate of drug-likeness (QED) is 0.128. The average molecular weight is 631 g/mol. The predicted octanol–water partition coefficient (Wildman–Crippen LogP) is 5.44. The second-order valence-corrected chi connectivity index (χ2v) is 9.93. The number of nitrogens with one attached hydrogen (secondary N) is 1. The maximum absolute atomic E-state index is 14.4. The molecule has 0 saturated heterocycles.